The highest BCUT2D eigenvalue weighted by Crippen LogP contribution is 2.20. The van der Waals surface area contributed by atoms with Gasteiger partial charge in [0.1, 0.15) is 6.04 Å². The van der Waals surface area contributed by atoms with Gasteiger partial charge in [-0.3, -0.25) is 4.79 Å². The van der Waals surface area contributed by atoms with Gasteiger partial charge in [0.15, 0.2) is 0 Å². The van der Waals surface area contributed by atoms with Crippen molar-refractivity contribution in [3.8, 4) is 0 Å². The summed E-state index contributed by atoms with van der Waals surface area (Å²) in [6, 6.07) is -0.384. The van der Waals surface area contributed by atoms with Crippen LogP contribution in [-0.2, 0) is 19.1 Å². The maximum Gasteiger partial charge on any atom is 0.328 e. The first-order chi connectivity index (χ1) is 8.10. The summed E-state index contributed by atoms with van der Waals surface area (Å²) in [5.41, 5.74) is 0. The Bertz CT molecular complexity index is 280. The summed E-state index contributed by atoms with van der Waals surface area (Å²) in [5, 5.41) is 0. The Morgan fingerprint density at radius 3 is 2.71 bits per heavy atom. The van der Waals surface area contributed by atoms with Crippen molar-refractivity contribution in [2.45, 2.75) is 44.8 Å². The van der Waals surface area contributed by atoms with E-state index in [1.54, 1.807) is 12.0 Å². The minimum atomic E-state index is -0.384. The standard InChI is InChI=1S/C12H21NO4/c1-9(16-2)6-7-11(14)13-8-4-5-10(13)12(15)17-3/h9-10H,4-8H2,1-3H3. The number of carbonyl (C=O) groups excluding carboxylic acids is 2. The molecule has 17 heavy (non-hydrogen) atoms. The molecule has 1 heterocycles. The molecule has 0 bridgehead atoms. The van der Waals surface area contributed by atoms with E-state index < -0.39 is 0 Å². The van der Waals surface area contributed by atoms with Crippen molar-refractivity contribution >= 4 is 11.9 Å². The fourth-order valence-corrected chi connectivity index (χ4v) is 2.03. The number of carbonyl (C=O) groups is 2. The topological polar surface area (TPSA) is 55.8 Å². The van der Waals surface area contributed by atoms with Crippen molar-refractivity contribution < 1.29 is 19.1 Å². The second-order valence-electron chi connectivity index (χ2n) is 4.35. The van der Waals surface area contributed by atoms with Crippen LogP contribution in [-0.4, -0.2) is 49.7 Å². The van der Waals surface area contributed by atoms with Crippen LogP contribution in [0.3, 0.4) is 0 Å². The molecule has 98 valence electrons. The second-order valence-corrected chi connectivity index (χ2v) is 4.35. The normalized spacial score (nSPS) is 21.4. The van der Waals surface area contributed by atoms with Gasteiger partial charge in [-0.05, 0) is 26.2 Å². The maximum absolute atomic E-state index is 12.0. The Labute approximate surface area is 102 Å². The molecule has 1 aliphatic heterocycles. The number of nitrogens with zero attached hydrogens (tertiary/aromatic N) is 1. The van der Waals surface area contributed by atoms with Gasteiger partial charge in [0, 0.05) is 20.1 Å². The minimum absolute atomic E-state index is 0.0156. The van der Waals surface area contributed by atoms with Crippen LogP contribution in [0.1, 0.15) is 32.6 Å². The Hall–Kier alpha value is -1.10. The van der Waals surface area contributed by atoms with E-state index in [9.17, 15) is 9.59 Å². The van der Waals surface area contributed by atoms with E-state index in [1.165, 1.54) is 7.11 Å². The van der Waals surface area contributed by atoms with Crippen molar-refractivity contribution in [2.75, 3.05) is 20.8 Å². The molecule has 0 saturated carbocycles. The molecular weight excluding hydrogens is 222 g/mol. The van der Waals surface area contributed by atoms with Crippen LogP contribution in [0.2, 0.25) is 0 Å². The average Bonchev–Trinajstić information content (AvgIpc) is 2.83. The first-order valence-corrected chi connectivity index (χ1v) is 6.00. The van der Waals surface area contributed by atoms with Crippen molar-refractivity contribution in [2.24, 2.45) is 0 Å². The molecule has 1 rings (SSSR count). The molecule has 1 fully saturated rings. The zero-order valence-electron chi connectivity index (χ0n) is 10.8. The van der Waals surface area contributed by atoms with Crippen LogP contribution in [0.4, 0.5) is 0 Å². The summed E-state index contributed by atoms with van der Waals surface area (Å²) < 4.78 is 9.80. The number of hydrogen-bond donors (Lipinski definition) is 0. The highest BCUT2D eigenvalue weighted by Gasteiger charge is 2.34. The van der Waals surface area contributed by atoms with E-state index >= 15 is 0 Å². The zero-order chi connectivity index (χ0) is 12.8. The summed E-state index contributed by atoms with van der Waals surface area (Å²) in [7, 11) is 2.98. The van der Waals surface area contributed by atoms with Gasteiger partial charge in [0.2, 0.25) is 5.91 Å². The molecule has 2 unspecified atom stereocenters. The molecule has 2 atom stereocenters. The molecular formula is C12H21NO4. The van der Waals surface area contributed by atoms with Gasteiger partial charge < -0.3 is 14.4 Å². The summed E-state index contributed by atoms with van der Waals surface area (Å²) in [4.78, 5) is 25.1. The van der Waals surface area contributed by atoms with Crippen molar-refractivity contribution in [1.29, 1.82) is 0 Å². The van der Waals surface area contributed by atoms with Gasteiger partial charge in [-0.15, -0.1) is 0 Å². The predicted octanol–water partition coefficient (Wildman–Crippen LogP) is 0.965. The second kappa shape index (κ2) is 6.59. The summed E-state index contributed by atoms with van der Waals surface area (Å²) in [5.74, 6) is -0.294. The number of amides is 1. The zero-order valence-corrected chi connectivity index (χ0v) is 10.8. The molecule has 1 aliphatic rings. The van der Waals surface area contributed by atoms with Gasteiger partial charge >= 0.3 is 5.97 Å². The third kappa shape index (κ3) is 3.70. The van der Waals surface area contributed by atoms with Gasteiger partial charge in [-0.2, -0.15) is 0 Å². The molecule has 0 N–H and O–H groups in total. The van der Waals surface area contributed by atoms with Gasteiger partial charge in [0.05, 0.1) is 13.2 Å². The lowest BCUT2D eigenvalue weighted by Gasteiger charge is -2.23. The molecule has 0 aliphatic carbocycles. The summed E-state index contributed by atoms with van der Waals surface area (Å²) in [6.07, 6.45) is 2.74. The van der Waals surface area contributed by atoms with E-state index in [4.69, 9.17) is 9.47 Å². The van der Waals surface area contributed by atoms with Crippen molar-refractivity contribution in [3.05, 3.63) is 0 Å². The first-order valence-electron chi connectivity index (χ1n) is 6.00. The Kier molecular flexibility index (Phi) is 5.41. The molecule has 0 aromatic rings. The van der Waals surface area contributed by atoms with E-state index in [0.717, 1.165) is 6.42 Å². The molecule has 1 amide bonds. The first kappa shape index (κ1) is 14.0. The number of hydrogen-bond acceptors (Lipinski definition) is 4. The van der Waals surface area contributed by atoms with Crippen LogP contribution < -0.4 is 0 Å². The monoisotopic (exact) mass is 243 g/mol. The lowest BCUT2D eigenvalue weighted by molar-refractivity contribution is -0.151. The average molecular weight is 243 g/mol. The van der Waals surface area contributed by atoms with Crippen LogP contribution in [0.5, 0.6) is 0 Å². The number of likely N-dealkylation sites (tertiary alicyclic amines) is 1. The number of rotatable bonds is 5. The van der Waals surface area contributed by atoms with Crippen LogP contribution in [0.25, 0.3) is 0 Å². The number of esters is 1. The van der Waals surface area contributed by atoms with Crippen LogP contribution in [0, 0.1) is 0 Å². The number of ether oxygens (including phenoxy) is 2. The van der Waals surface area contributed by atoms with Gasteiger partial charge in [0.25, 0.3) is 0 Å². The highest BCUT2D eigenvalue weighted by atomic mass is 16.5. The van der Waals surface area contributed by atoms with Crippen molar-refractivity contribution in [3.63, 3.8) is 0 Å². The quantitative estimate of drug-likeness (QED) is 0.675. The van der Waals surface area contributed by atoms with E-state index in [2.05, 4.69) is 0 Å². The van der Waals surface area contributed by atoms with E-state index in [-0.39, 0.29) is 24.0 Å². The summed E-state index contributed by atoms with van der Waals surface area (Å²) >= 11 is 0. The fraction of sp³-hybridized carbons (Fsp3) is 0.833. The third-order valence-electron chi connectivity index (χ3n) is 3.21. The molecule has 0 aromatic carbocycles. The largest absolute Gasteiger partial charge is 0.467 e. The molecule has 5 heteroatoms. The van der Waals surface area contributed by atoms with Gasteiger partial charge in [-0.1, -0.05) is 0 Å². The summed E-state index contributed by atoms with van der Waals surface area (Å²) in [6.45, 7) is 2.58. The Balaban J connectivity index is 2.47. The maximum atomic E-state index is 12.0. The number of methoxy groups -OCH3 is 2. The fourth-order valence-electron chi connectivity index (χ4n) is 2.03. The van der Waals surface area contributed by atoms with E-state index in [0.29, 0.717) is 25.8 Å². The molecule has 0 spiro atoms. The Morgan fingerprint density at radius 1 is 1.41 bits per heavy atom. The lowest BCUT2D eigenvalue weighted by atomic mass is 10.2. The molecule has 1 saturated heterocycles. The minimum Gasteiger partial charge on any atom is -0.467 e. The lowest BCUT2D eigenvalue weighted by Crippen LogP contribution is -2.41. The molecule has 5 nitrogen and oxygen atoms in total. The van der Waals surface area contributed by atoms with Gasteiger partial charge in [-0.25, -0.2) is 4.79 Å². The SMILES string of the molecule is COC(=O)C1CCCN1C(=O)CCC(C)OC. The third-order valence-corrected chi connectivity index (χ3v) is 3.21. The molecule has 0 aromatic heterocycles. The predicted molar refractivity (Wildman–Crippen MR) is 62.5 cm³/mol. The van der Waals surface area contributed by atoms with Crippen molar-refractivity contribution in [1.82, 2.24) is 4.90 Å². The Morgan fingerprint density at radius 2 is 2.12 bits per heavy atom. The smallest absolute Gasteiger partial charge is 0.328 e. The highest BCUT2D eigenvalue weighted by molar-refractivity contribution is 5.85. The van der Waals surface area contributed by atoms with Crippen LogP contribution in [0.15, 0.2) is 0 Å². The van der Waals surface area contributed by atoms with E-state index in [1.807, 2.05) is 6.92 Å². The van der Waals surface area contributed by atoms with Crippen LogP contribution >= 0.6 is 0 Å². The molecule has 0 radical (unpaired) electrons.